The van der Waals surface area contributed by atoms with E-state index in [9.17, 15) is 33.8 Å². The summed E-state index contributed by atoms with van der Waals surface area (Å²) in [5.74, 6) is -3.86. The third kappa shape index (κ3) is 8.79. The molecule has 0 unspecified atom stereocenters. The molecule has 13 nitrogen and oxygen atoms in total. The van der Waals surface area contributed by atoms with Gasteiger partial charge in [0.05, 0.1) is 10.0 Å². The number of aromatic nitrogens is 4. The Morgan fingerprint density at radius 1 is 0.780 bits per heavy atom. The molecule has 6 rings (SSSR count). The summed E-state index contributed by atoms with van der Waals surface area (Å²) < 4.78 is 14.5. The number of carboxylic acid groups (broad SMARTS) is 1. The van der Waals surface area contributed by atoms with E-state index >= 15 is 0 Å². The molecule has 2 aromatic carbocycles. The average molecular weight is 724 g/mol. The van der Waals surface area contributed by atoms with Crippen LogP contribution in [0.25, 0.3) is 11.3 Å². The van der Waals surface area contributed by atoms with E-state index in [0.29, 0.717) is 16.6 Å². The standard InChI is InChI=1S/C17H13Cl2N3O3.C10H8N2O4.C7H8FN/c1-9-2-5-13-21-14(15(23)17(25)22(13)8-9)16(24)20-7-10-3-4-11(18)12(19)6-10;1-5-2-3-6-11-7(10(15)16)8(13)9(14)12(6)4-5;8-7-3-1-6(5-9)2-4-7/h2-6,8,23H,7H2,1H3,(H,20,24);2-4,13H,1H3,(H,15,16);1-4H,5,9H2. The van der Waals surface area contributed by atoms with E-state index in [2.05, 4.69) is 15.3 Å². The molecule has 6 aromatic rings. The van der Waals surface area contributed by atoms with Crippen LogP contribution in [0.4, 0.5) is 4.39 Å². The van der Waals surface area contributed by atoms with E-state index < -0.39 is 40.2 Å². The number of hydrogen-bond donors (Lipinski definition) is 5. The Hall–Kier alpha value is -5.83. The first-order valence-electron chi connectivity index (χ1n) is 14.5. The molecule has 6 N–H and O–H groups in total. The topological polar surface area (TPSA) is 202 Å². The van der Waals surface area contributed by atoms with E-state index in [-0.39, 0.29) is 29.4 Å². The molecule has 0 aliphatic carbocycles. The van der Waals surface area contributed by atoms with Gasteiger partial charge >= 0.3 is 17.1 Å². The van der Waals surface area contributed by atoms with Crippen LogP contribution in [0.5, 0.6) is 11.5 Å². The number of nitrogens with one attached hydrogen (secondary N) is 1. The van der Waals surface area contributed by atoms with Crippen LogP contribution in [0.2, 0.25) is 10.0 Å². The molecule has 0 saturated carbocycles. The van der Waals surface area contributed by atoms with E-state index in [4.69, 9.17) is 34.0 Å². The van der Waals surface area contributed by atoms with Crippen molar-refractivity contribution in [3.63, 3.8) is 0 Å². The van der Waals surface area contributed by atoms with Crippen molar-refractivity contribution in [3.8, 4) is 11.5 Å². The number of benzene rings is 2. The third-order valence-corrected chi connectivity index (χ3v) is 7.64. The maximum absolute atomic E-state index is 12.3. The van der Waals surface area contributed by atoms with Crippen molar-refractivity contribution in [1.82, 2.24) is 24.1 Å². The van der Waals surface area contributed by atoms with Crippen molar-refractivity contribution >= 4 is 46.4 Å². The lowest BCUT2D eigenvalue weighted by Gasteiger charge is -2.09. The number of rotatable bonds is 5. The summed E-state index contributed by atoms with van der Waals surface area (Å²) in [5.41, 5.74) is 6.60. The van der Waals surface area contributed by atoms with Crippen LogP contribution in [-0.2, 0) is 13.1 Å². The number of fused-ring (bicyclic) bond motifs is 2. The van der Waals surface area contributed by atoms with E-state index in [1.165, 1.54) is 28.8 Å². The van der Waals surface area contributed by atoms with Gasteiger partial charge in [-0.3, -0.25) is 23.2 Å². The Morgan fingerprint density at radius 3 is 1.78 bits per heavy atom. The van der Waals surface area contributed by atoms with Crippen molar-refractivity contribution < 1.29 is 29.3 Å². The number of pyridine rings is 2. The number of aromatic carboxylic acids is 1. The van der Waals surface area contributed by atoms with Crippen molar-refractivity contribution in [2.45, 2.75) is 26.9 Å². The lowest BCUT2D eigenvalue weighted by Crippen LogP contribution is -2.27. The van der Waals surface area contributed by atoms with Gasteiger partial charge in [-0.1, -0.05) is 53.5 Å². The van der Waals surface area contributed by atoms with Crippen molar-refractivity contribution in [3.05, 3.63) is 149 Å². The van der Waals surface area contributed by atoms with Crippen LogP contribution in [0, 0.1) is 19.7 Å². The molecule has 0 aliphatic rings. The number of aromatic hydroxyl groups is 2. The summed E-state index contributed by atoms with van der Waals surface area (Å²) in [6, 6.07) is 17.7. The fourth-order valence-corrected chi connectivity index (χ4v) is 4.64. The van der Waals surface area contributed by atoms with Gasteiger partial charge in [0.2, 0.25) is 11.5 Å². The minimum atomic E-state index is -1.43. The van der Waals surface area contributed by atoms with Gasteiger partial charge in [0.1, 0.15) is 17.1 Å². The summed E-state index contributed by atoms with van der Waals surface area (Å²) in [6.07, 6.45) is 3.03. The molecule has 50 heavy (non-hydrogen) atoms. The lowest BCUT2D eigenvalue weighted by atomic mass is 10.2. The van der Waals surface area contributed by atoms with Gasteiger partial charge in [-0.2, -0.15) is 0 Å². The Labute approximate surface area is 292 Å². The van der Waals surface area contributed by atoms with E-state index in [1.54, 1.807) is 68.6 Å². The number of carbonyl (C=O) groups is 2. The highest BCUT2D eigenvalue weighted by Crippen LogP contribution is 2.22. The van der Waals surface area contributed by atoms with Crippen LogP contribution >= 0.6 is 23.2 Å². The SMILES string of the molecule is Cc1ccc2nc(C(=O)NCc3ccc(Cl)c(Cl)c3)c(O)c(=O)n2c1.Cc1ccc2nc(C(=O)O)c(O)c(=O)n2c1.NCc1ccc(F)cc1. The number of amides is 1. The van der Waals surface area contributed by atoms with E-state index in [1.807, 2.05) is 0 Å². The van der Waals surface area contributed by atoms with Gasteiger partial charge in [0.25, 0.3) is 5.91 Å². The summed E-state index contributed by atoms with van der Waals surface area (Å²) in [7, 11) is 0. The van der Waals surface area contributed by atoms with Crippen molar-refractivity contribution in [2.75, 3.05) is 0 Å². The van der Waals surface area contributed by atoms with Gasteiger partial charge in [0, 0.05) is 25.5 Å². The molecule has 0 radical (unpaired) electrons. The van der Waals surface area contributed by atoms with Crippen LogP contribution in [0.1, 0.15) is 43.2 Å². The largest absolute Gasteiger partial charge is 0.501 e. The molecule has 0 saturated heterocycles. The highest BCUT2D eigenvalue weighted by molar-refractivity contribution is 6.42. The zero-order valence-electron chi connectivity index (χ0n) is 26.4. The highest BCUT2D eigenvalue weighted by Gasteiger charge is 2.19. The molecule has 0 bridgehead atoms. The average Bonchev–Trinajstić information content (AvgIpc) is 3.09. The minimum absolute atomic E-state index is 0.143. The predicted molar refractivity (Wildman–Crippen MR) is 185 cm³/mol. The second kappa shape index (κ2) is 16.0. The zero-order valence-corrected chi connectivity index (χ0v) is 27.9. The number of nitrogens with zero attached hydrogens (tertiary/aromatic N) is 4. The first-order chi connectivity index (χ1) is 23.7. The highest BCUT2D eigenvalue weighted by atomic mass is 35.5. The summed E-state index contributed by atoms with van der Waals surface area (Å²) >= 11 is 11.8. The number of hydrogen-bond acceptors (Lipinski definition) is 9. The Balaban J connectivity index is 0.000000191. The van der Waals surface area contributed by atoms with Crippen LogP contribution in [-0.4, -0.2) is 46.0 Å². The molecule has 0 spiro atoms. The first kappa shape index (κ1) is 37.0. The second-order valence-electron chi connectivity index (χ2n) is 10.7. The zero-order chi connectivity index (χ0) is 36.7. The second-order valence-corrected chi connectivity index (χ2v) is 11.5. The van der Waals surface area contributed by atoms with Crippen molar-refractivity contribution in [1.29, 1.82) is 0 Å². The smallest absolute Gasteiger partial charge is 0.358 e. The number of carbonyl (C=O) groups excluding carboxylic acids is 1. The quantitative estimate of drug-likeness (QED) is 0.167. The fraction of sp³-hybridized carbons (Fsp3) is 0.118. The normalized spacial score (nSPS) is 10.5. The molecule has 4 heterocycles. The Bertz CT molecular complexity index is 2350. The summed E-state index contributed by atoms with van der Waals surface area (Å²) in [4.78, 5) is 54.6. The summed E-state index contributed by atoms with van der Waals surface area (Å²) in [5, 5.41) is 31.5. The molecule has 0 fully saturated rings. The van der Waals surface area contributed by atoms with Gasteiger partial charge in [-0.05, 0) is 72.5 Å². The lowest BCUT2D eigenvalue weighted by molar-refractivity contribution is 0.0686. The molecule has 258 valence electrons. The number of nitrogens with two attached hydrogens (primary N) is 1. The molecular formula is C34H29Cl2FN6O7. The third-order valence-electron chi connectivity index (χ3n) is 6.90. The molecule has 0 atom stereocenters. The van der Waals surface area contributed by atoms with Crippen molar-refractivity contribution in [2.24, 2.45) is 5.73 Å². The van der Waals surface area contributed by atoms with E-state index in [0.717, 1.165) is 26.7 Å². The maximum atomic E-state index is 12.3. The summed E-state index contributed by atoms with van der Waals surface area (Å²) in [6.45, 7) is 4.19. The minimum Gasteiger partial charge on any atom is -0.501 e. The van der Waals surface area contributed by atoms with Crippen LogP contribution in [0.3, 0.4) is 0 Å². The number of aryl methyl sites for hydroxylation is 2. The van der Waals surface area contributed by atoms with Crippen LogP contribution < -0.4 is 22.2 Å². The molecule has 4 aromatic heterocycles. The Kier molecular flexibility index (Phi) is 11.9. The van der Waals surface area contributed by atoms with Gasteiger partial charge < -0.3 is 26.4 Å². The monoisotopic (exact) mass is 722 g/mol. The number of halogens is 3. The maximum Gasteiger partial charge on any atom is 0.358 e. The molecule has 0 aliphatic heterocycles. The number of carboxylic acids is 1. The molecular weight excluding hydrogens is 694 g/mol. The van der Waals surface area contributed by atoms with Gasteiger partial charge in [0.15, 0.2) is 11.4 Å². The predicted octanol–water partition coefficient (Wildman–Crippen LogP) is 4.64. The van der Waals surface area contributed by atoms with Gasteiger partial charge in [-0.25, -0.2) is 19.2 Å². The van der Waals surface area contributed by atoms with Gasteiger partial charge in [-0.15, -0.1) is 0 Å². The van der Waals surface area contributed by atoms with Crippen LogP contribution in [0.15, 0.2) is 88.7 Å². The first-order valence-corrected chi connectivity index (χ1v) is 15.3. The molecule has 1 amide bonds. The molecule has 16 heteroatoms. The Morgan fingerprint density at radius 2 is 1.28 bits per heavy atom. The fourth-order valence-electron chi connectivity index (χ4n) is 4.32.